The number of ether oxygens (including phenoxy) is 1. The summed E-state index contributed by atoms with van der Waals surface area (Å²) in [6.45, 7) is 4.04. The highest BCUT2D eigenvalue weighted by Crippen LogP contribution is 2.09. The minimum Gasteiger partial charge on any atom is -0.464 e. The first kappa shape index (κ1) is 12.4. The van der Waals surface area contributed by atoms with Gasteiger partial charge in [0.1, 0.15) is 0 Å². The minimum absolute atomic E-state index is 0.258. The van der Waals surface area contributed by atoms with Gasteiger partial charge in [-0.05, 0) is 19.8 Å². The van der Waals surface area contributed by atoms with E-state index in [4.69, 9.17) is 0 Å². The molecule has 0 aromatic heterocycles. The molecule has 0 bridgehead atoms. The molecule has 0 radical (unpaired) electrons. The van der Waals surface area contributed by atoms with Crippen LogP contribution in [0.2, 0.25) is 0 Å². The Morgan fingerprint density at radius 3 is 2.54 bits per heavy atom. The first-order valence-electron chi connectivity index (χ1n) is 5.03. The lowest BCUT2D eigenvalue weighted by molar-refractivity contribution is -0.149. The van der Waals surface area contributed by atoms with Gasteiger partial charge in [-0.15, -0.1) is 0 Å². The van der Waals surface area contributed by atoms with E-state index in [0.29, 0.717) is 6.42 Å². The molecule has 0 aliphatic carbocycles. The molecule has 78 valence electrons. The third-order valence-electron chi connectivity index (χ3n) is 1.85. The number of hydrogen-bond donors (Lipinski definition) is 0. The molecule has 0 saturated carbocycles. The van der Waals surface area contributed by atoms with Crippen molar-refractivity contribution in [3.8, 4) is 0 Å². The normalized spacial score (nSPS) is 12.5. The van der Waals surface area contributed by atoms with E-state index in [0.717, 1.165) is 25.7 Å². The molecule has 0 aromatic carbocycles. The van der Waals surface area contributed by atoms with Gasteiger partial charge in [0.05, 0.1) is 6.61 Å². The Labute approximate surface area is 79.5 Å². The van der Waals surface area contributed by atoms with Gasteiger partial charge < -0.3 is 4.74 Å². The molecule has 0 aromatic rings. The SMILES string of the molecule is CCCCCC[C@H](F)C(=O)OCC. The van der Waals surface area contributed by atoms with E-state index in [-0.39, 0.29) is 6.61 Å². The molecule has 0 rings (SSSR count). The second-order valence-corrected chi connectivity index (χ2v) is 3.07. The van der Waals surface area contributed by atoms with E-state index in [1.807, 2.05) is 0 Å². The van der Waals surface area contributed by atoms with Crippen LogP contribution in [0.15, 0.2) is 0 Å². The molecular weight excluding hydrogens is 171 g/mol. The lowest BCUT2D eigenvalue weighted by Crippen LogP contribution is -2.18. The first-order chi connectivity index (χ1) is 6.22. The molecule has 0 amide bonds. The molecule has 0 fully saturated rings. The van der Waals surface area contributed by atoms with E-state index in [9.17, 15) is 9.18 Å². The van der Waals surface area contributed by atoms with Gasteiger partial charge in [0.15, 0.2) is 6.17 Å². The number of carbonyl (C=O) groups excluding carboxylic acids is 1. The molecular formula is C10H19FO2. The summed E-state index contributed by atoms with van der Waals surface area (Å²) >= 11 is 0. The van der Waals surface area contributed by atoms with Crippen LogP contribution < -0.4 is 0 Å². The monoisotopic (exact) mass is 190 g/mol. The van der Waals surface area contributed by atoms with Crippen molar-refractivity contribution in [3.05, 3.63) is 0 Å². The average molecular weight is 190 g/mol. The van der Waals surface area contributed by atoms with E-state index in [1.165, 1.54) is 0 Å². The lowest BCUT2D eigenvalue weighted by Gasteiger charge is -2.06. The van der Waals surface area contributed by atoms with Gasteiger partial charge in [0.25, 0.3) is 0 Å². The Kier molecular flexibility index (Phi) is 7.65. The summed E-state index contributed by atoms with van der Waals surface area (Å²) in [7, 11) is 0. The number of carbonyl (C=O) groups is 1. The Morgan fingerprint density at radius 2 is 2.00 bits per heavy atom. The van der Waals surface area contributed by atoms with Crippen LogP contribution in [0.5, 0.6) is 0 Å². The quantitative estimate of drug-likeness (QED) is 0.456. The van der Waals surface area contributed by atoms with Crippen LogP contribution in [-0.2, 0) is 9.53 Å². The van der Waals surface area contributed by atoms with Crippen molar-refractivity contribution in [1.29, 1.82) is 0 Å². The second-order valence-electron chi connectivity index (χ2n) is 3.07. The number of esters is 1. The van der Waals surface area contributed by atoms with Crippen molar-refractivity contribution in [1.82, 2.24) is 0 Å². The zero-order valence-electron chi connectivity index (χ0n) is 8.51. The molecule has 13 heavy (non-hydrogen) atoms. The zero-order chi connectivity index (χ0) is 10.1. The fraction of sp³-hybridized carbons (Fsp3) is 0.900. The van der Waals surface area contributed by atoms with Crippen LogP contribution in [0.1, 0.15) is 46.0 Å². The van der Waals surface area contributed by atoms with Crippen LogP contribution in [0.4, 0.5) is 4.39 Å². The highest BCUT2D eigenvalue weighted by Gasteiger charge is 2.17. The van der Waals surface area contributed by atoms with Gasteiger partial charge >= 0.3 is 5.97 Å². The minimum atomic E-state index is -1.42. The fourth-order valence-corrected chi connectivity index (χ4v) is 1.10. The van der Waals surface area contributed by atoms with Crippen molar-refractivity contribution in [2.45, 2.75) is 52.1 Å². The third-order valence-corrected chi connectivity index (χ3v) is 1.85. The molecule has 0 saturated heterocycles. The molecule has 0 unspecified atom stereocenters. The van der Waals surface area contributed by atoms with Gasteiger partial charge in [0.2, 0.25) is 0 Å². The van der Waals surface area contributed by atoms with Crippen LogP contribution in [0.25, 0.3) is 0 Å². The summed E-state index contributed by atoms with van der Waals surface area (Å²) in [6, 6.07) is 0. The van der Waals surface area contributed by atoms with Gasteiger partial charge in [0, 0.05) is 0 Å². The van der Waals surface area contributed by atoms with E-state index < -0.39 is 12.1 Å². The number of rotatable bonds is 7. The van der Waals surface area contributed by atoms with Gasteiger partial charge in [-0.1, -0.05) is 26.2 Å². The number of halogens is 1. The van der Waals surface area contributed by atoms with E-state index >= 15 is 0 Å². The summed E-state index contributed by atoms with van der Waals surface area (Å²) in [5.41, 5.74) is 0. The van der Waals surface area contributed by atoms with E-state index in [1.54, 1.807) is 6.92 Å². The Hall–Kier alpha value is -0.600. The number of alkyl halides is 1. The smallest absolute Gasteiger partial charge is 0.340 e. The highest BCUT2D eigenvalue weighted by molar-refractivity contribution is 5.74. The summed E-state index contributed by atoms with van der Waals surface area (Å²) in [5, 5.41) is 0. The van der Waals surface area contributed by atoms with Crippen molar-refractivity contribution >= 4 is 5.97 Å². The van der Waals surface area contributed by atoms with Gasteiger partial charge in [-0.2, -0.15) is 0 Å². The molecule has 1 atom stereocenters. The van der Waals surface area contributed by atoms with Crippen molar-refractivity contribution in [2.75, 3.05) is 6.61 Å². The summed E-state index contributed by atoms with van der Waals surface area (Å²) in [6.07, 6.45) is 2.88. The van der Waals surface area contributed by atoms with Crippen molar-refractivity contribution in [3.63, 3.8) is 0 Å². The predicted molar refractivity (Wildman–Crippen MR) is 50.3 cm³/mol. The predicted octanol–water partition coefficient (Wildman–Crippen LogP) is 2.86. The molecule has 0 spiro atoms. The molecule has 0 heterocycles. The Balaban J connectivity index is 3.38. The first-order valence-corrected chi connectivity index (χ1v) is 5.03. The maximum atomic E-state index is 12.9. The average Bonchev–Trinajstić information content (AvgIpc) is 2.12. The second kappa shape index (κ2) is 8.02. The number of hydrogen-bond acceptors (Lipinski definition) is 2. The fourth-order valence-electron chi connectivity index (χ4n) is 1.10. The molecule has 0 N–H and O–H groups in total. The maximum Gasteiger partial charge on any atom is 0.340 e. The summed E-state index contributed by atoms with van der Waals surface area (Å²) in [4.78, 5) is 10.8. The standard InChI is InChI=1S/C10H19FO2/c1-3-5-6-7-8-9(11)10(12)13-4-2/h9H,3-8H2,1-2H3/t9-/m0/s1. The van der Waals surface area contributed by atoms with Crippen LogP contribution in [0, 0.1) is 0 Å². The summed E-state index contributed by atoms with van der Waals surface area (Å²) < 4.78 is 17.5. The zero-order valence-corrected chi connectivity index (χ0v) is 8.51. The largest absolute Gasteiger partial charge is 0.464 e. The van der Waals surface area contributed by atoms with E-state index in [2.05, 4.69) is 11.7 Å². The summed E-state index contributed by atoms with van der Waals surface area (Å²) in [5.74, 6) is -0.709. The third kappa shape index (κ3) is 6.55. The molecule has 0 aliphatic rings. The molecule has 2 nitrogen and oxygen atoms in total. The topological polar surface area (TPSA) is 26.3 Å². The maximum absolute atomic E-state index is 12.9. The molecule has 3 heteroatoms. The van der Waals surface area contributed by atoms with Crippen LogP contribution >= 0.6 is 0 Å². The van der Waals surface area contributed by atoms with Crippen molar-refractivity contribution in [2.24, 2.45) is 0 Å². The molecule has 0 aliphatic heterocycles. The van der Waals surface area contributed by atoms with Crippen molar-refractivity contribution < 1.29 is 13.9 Å². The lowest BCUT2D eigenvalue weighted by atomic mass is 10.1. The van der Waals surface area contributed by atoms with Crippen LogP contribution in [0.3, 0.4) is 0 Å². The van der Waals surface area contributed by atoms with Gasteiger partial charge in [-0.3, -0.25) is 0 Å². The Bertz CT molecular complexity index is 137. The van der Waals surface area contributed by atoms with Gasteiger partial charge in [-0.25, -0.2) is 9.18 Å². The highest BCUT2D eigenvalue weighted by atomic mass is 19.1. The number of unbranched alkanes of at least 4 members (excludes halogenated alkanes) is 3. The Morgan fingerprint density at radius 1 is 1.31 bits per heavy atom. The van der Waals surface area contributed by atoms with Crippen LogP contribution in [-0.4, -0.2) is 18.7 Å².